The second kappa shape index (κ2) is 7.00. The number of nitrogens with two attached hydrogens (primary N) is 1. The van der Waals surface area contributed by atoms with Crippen LogP contribution in [-0.2, 0) is 0 Å². The number of rotatable bonds is 5. The molecular formula is C18H25N5O2. The van der Waals surface area contributed by atoms with Crippen LogP contribution in [0.3, 0.4) is 0 Å². The van der Waals surface area contributed by atoms with E-state index in [0.29, 0.717) is 11.1 Å². The predicted molar refractivity (Wildman–Crippen MR) is 95.5 cm³/mol. The number of carbonyl (C=O) groups is 1. The molecule has 2 aliphatic heterocycles. The molecule has 2 aromatic rings. The monoisotopic (exact) mass is 343 g/mol. The number of piperidine rings is 1. The molecule has 134 valence electrons. The highest BCUT2D eigenvalue weighted by Gasteiger charge is 2.24. The van der Waals surface area contributed by atoms with Gasteiger partial charge < -0.3 is 20.0 Å². The minimum atomic E-state index is -0.579. The predicted octanol–water partition coefficient (Wildman–Crippen LogP) is 2.02. The standard InChI is InChI=1S/C18H25N5O2/c19-17(24)15-11-14-16(25-15)18(21-12-20-14)23-9-4-13(5-10-23)3-8-22-6-1-2-7-22/h11-13H,1-10H2,(H2,19,24). The number of nitrogens with zero attached hydrogens (tertiary/aromatic N) is 4. The zero-order chi connectivity index (χ0) is 17.2. The van der Waals surface area contributed by atoms with Gasteiger partial charge in [0.2, 0.25) is 0 Å². The van der Waals surface area contributed by atoms with Crippen molar-refractivity contribution in [2.45, 2.75) is 32.1 Å². The van der Waals surface area contributed by atoms with Crippen molar-refractivity contribution in [1.29, 1.82) is 0 Å². The number of aromatic nitrogens is 2. The van der Waals surface area contributed by atoms with Crippen molar-refractivity contribution >= 4 is 22.8 Å². The van der Waals surface area contributed by atoms with Gasteiger partial charge in [0.05, 0.1) is 0 Å². The van der Waals surface area contributed by atoms with Crippen molar-refractivity contribution < 1.29 is 9.21 Å². The Kier molecular flexibility index (Phi) is 4.57. The zero-order valence-corrected chi connectivity index (χ0v) is 14.5. The Morgan fingerprint density at radius 1 is 1.20 bits per heavy atom. The zero-order valence-electron chi connectivity index (χ0n) is 14.5. The summed E-state index contributed by atoms with van der Waals surface area (Å²) >= 11 is 0. The molecule has 2 N–H and O–H groups in total. The SMILES string of the molecule is NC(=O)c1cc2ncnc(N3CCC(CCN4CCCC4)CC3)c2o1. The third-order valence-electron chi connectivity index (χ3n) is 5.50. The molecule has 0 radical (unpaired) electrons. The average Bonchev–Trinajstić information content (AvgIpc) is 3.29. The molecule has 2 saturated heterocycles. The van der Waals surface area contributed by atoms with Crippen LogP contribution in [0.5, 0.6) is 0 Å². The molecule has 2 aromatic heterocycles. The molecule has 2 fully saturated rings. The number of fused-ring (bicyclic) bond motifs is 1. The van der Waals surface area contributed by atoms with Gasteiger partial charge in [0, 0.05) is 19.2 Å². The molecular weight excluding hydrogens is 318 g/mol. The molecule has 7 nitrogen and oxygen atoms in total. The van der Waals surface area contributed by atoms with Crippen LogP contribution in [-0.4, -0.2) is 53.5 Å². The molecule has 0 bridgehead atoms. The number of hydrogen-bond donors (Lipinski definition) is 1. The van der Waals surface area contributed by atoms with Gasteiger partial charge in [0.15, 0.2) is 17.2 Å². The van der Waals surface area contributed by atoms with Crippen LogP contribution in [0.15, 0.2) is 16.8 Å². The van der Waals surface area contributed by atoms with Gasteiger partial charge in [-0.3, -0.25) is 4.79 Å². The largest absolute Gasteiger partial charge is 0.445 e. The Morgan fingerprint density at radius 2 is 1.96 bits per heavy atom. The van der Waals surface area contributed by atoms with Gasteiger partial charge >= 0.3 is 0 Å². The lowest BCUT2D eigenvalue weighted by atomic mass is 9.93. The maximum atomic E-state index is 11.3. The summed E-state index contributed by atoms with van der Waals surface area (Å²) in [5.41, 5.74) is 6.51. The van der Waals surface area contributed by atoms with E-state index in [1.54, 1.807) is 6.07 Å². The smallest absolute Gasteiger partial charge is 0.284 e. The summed E-state index contributed by atoms with van der Waals surface area (Å²) < 4.78 is 5.61. The number of likely N-dealkylation sites (tertiary alicyclic amines) is 1. The third-order valence-corrected chi connectivity index (χ3v) is 5.50. The van der Waals surface area contributed by atoms with Crippen LogP contribution < -0.4 is 10.6 Å². The van der Waals surface area contributed by atoms with Gasteiger partial charge in [0.25, 0.3) is 5.91 Å². The average molecular weight is 343 g/mol. The number of hydrogen-bond acceptors (Lipinski definition) is 6. The van der Waals surface area contributed by atoms with Gasteiger partial charge in [-0.15, -0.1) is 0 Å². The van der Waals surface area contributed by atoms with Gasteiger partial charge in [0.1, 0.15) is 11.8 Å². The molecule has 0 saturated carbocycles. The number of primary amides is 1. The molecule has 0 spiro atoms. The molecule has 2 aliphatic rings. The van der Waals surface area contributed by atoms with E-state index in [-0.39, 0.29) is 5.76 Å². The molecule has 0 unspecified atom stereocenters. The van der Waals surface area contributed by atoms with Crippen molar-refractivity contribution in [2.24, 2.45) is 11.7 Å². The van der Waals surface area contributed by atoms with E-state index >= 15 is 0 Å². The van der Waals surface area contributed by atoms with Crippen LogP contribution in [0.4, 0.5) is 5.82 Å². The van der Waals surface area contributed by atoms with Crippen molar-refractivity contribution in [3.8, 4) is 0 Å². The first-order valence-electron chi connectivity index (χ1n) is 9.22. The fourth-order valence-corrected chi connectivity index (χ4v) is 3.99. The van der Waals surface area contributed by atoms with E-state index in [4.69, 9.17) is 10.2 Å². The van der Waals surface area contributed by atoms with E-state index < -0.39 is 5.91 Å². The molecule has 0 aliphatic carbocycles. The highest BCUT2D eigenvalue weighted by atomic mass is 16.3. The fourth-order valence-electron chi connectivity index (χ4n) is 3.99. The van der Waals surface area contributed by atoms with Crippen LogP contribution >= 0.6 is 0 Å². The van der Waals surface area contributed by atoms with E-state index in [1.807, 2.05) is 0 Å². The first kappa shape index (κ1) is 16.3. The second-order valence-electron chi connectivity index (χ2n) is 7.15. The Labute approximate surface area is 147 Å². The lowest BCUT2D eigenvalue weighted by molar-refractivity contribution is 0.0976. The lowest BCUT2D eigenvalue weighted by Gasteiger charge is -2.33. The minimum absolute atomic E-state index is 0.136. The molecule has 1 amide bonds. The topological polar surface area (TPSA) is 88.5 Å². The van der Waals surface area contributed by atoms with Crippen LogP contribution in [0.1, 0.15) is 42.7 Å². The summed E-state index contributed by atoms with van der Waals surface area (Å²) in [5.74, 6) is 1.12. The maximum absolute atomic E-state index is 11.3. The van der Waals surface area contributed by atoms with Gasteiger partial charge in [-0.1, -0.05) is 0 Å². The quantitative estimate of drug-likeness (QED) is 0.893. The summed E-state index contributed by atoms with van der Waals surface area (Å²) in [6, 6.07) is 1.59. The highest BCUT2D eigenvalue weighted by molar-refractivity contribution is 5.96. The van der Waals surface area contributed by atoms with Gasteiger partial charge in [-0.2, -0.15) is 0 Å². The van der Waals surface area contributed by atoms with Crippen molar-refractivity contribution in [3.63, 3.8) is 0 Å². The highest BCUT2D eigenvalue weighted by Crippen LogP contribution is 2.30. The molecule has 25 heavy (non-hydrogen) atoms. The van der Waals surface area contributed by atoms with Gasteiger partial charge in [-0.25, -0.2) is 9.97 Å². The minimum Gasteiger partial charge on any atom is -0.445 e. The molecule has 4 heterocycles. The van der Waals surface area contributed by atoms with Crippen LogP contribution in [0, 0.1) is 5.92 Å². The molecule has 4 rings (SSSR count). The molecule has 7 heteroatoms. The lowest BCUT2D eigenvalue weighted by Crippen LogP contribution is -2.35. The summed E-state index contributed by atoms with van der Waals surface area (Å²) in [6.07, 6.45) is 7.87. The Bertz CT molecular complexity index is 745. The van der Waals surface area contributed by atoms with Gasteiger partial charge in [-0.05, 0) is 57.7 Å². The fraction of sp³-hybridized carbons (Fsp3) is 0.611. The molecule has 0 aromatic carbocycles. The summed E-state index contributed by atoms with van der Waals surface area (Å²) in [7, 11) is 0. The summed E-state index contributed by atoms with van der Waals surface area (Å²) in [4.78, 5) is 24.8. The van der Waals surface area contributed by atoms with E-state index in [9.17, 15) is 4.79 Å². The van der Waals surface area contributed by atoms with Crippen molar-refractivity contribution in [2.75, 3.05) is 37.6 Å². The first-order chi connectivity index (χ1) is 12.2. The Hall–Kier alpha value is -2.15. The van der Waals surface area contributed by atoms with E-state index in [0.717, 1.165) is 24.8 Å². The Balaban J connectivity index is 1.40. The normalized spacial score (nSPS) is 19.8. The Morgan fingerprint density at radius 3 is 2.68 bits per heavy atom. The van der Waals surface area contributed by atoms with E-state index in [2.05, 4.69) is 19.8 Å². The number of furan rings is 1. The summed E-state index contributed by atoms with van der Waals surface area (Å²) in [5, 5.41) is 0. The molecule has 0 atom stereocenters. The number of amides is 1. The third kappa shape index (κ3) is 3.46. The number of anilines is 1. The summed E-state index contributed by atoms with van der Waals surface area (Å²) in [6.45, 7) is 5.71. The maximum Gasteiger partial charge on any atom is 0.284 e. The first-order valence-corrected chi connectivity index (χ1v) is 9.22. The van der Waals surface area contributed by atoms with E-state index in [1.165, 1.54) is 58.1 Å². The van der Waals surface area contributed by atoms with Crippen molar-refractivity contribution in [3.05, 3.63) is 18.2 Å². The second-order valence-corrected chi connectivity index (χ2v) is 7.15. The number of carbonyl (C=O) groups excluding carboxylic acids is 1. The van der Waals surface area contributed by atoms with Crippen molar-refractivity contribution in [1.82, 2.24) is 14.9 Å². The van der Waals surface area contributed by atoms with Crippen LogP contribution in [0.2, 0.25) is 0 Å². The van der Waals surface area contributed by atoms with Crippen LogP contribution in [0.25, 0.3) is 11.1 Å².